The Bertz CT molecular complexity index is 561. The minimum atomic E-state index is -0.687. The number of rotatable bonds is 5. The molecule has 1 heterocycles. The van der Waals surface area contributed by atoms with Gasteiger partial charge in [0.1, 0.15) is 0 Å². The topological polar surface area (TPSA) is 69.6 Å². The molecule has 0 bridgehead atoms. The molecule has 0 aromatic heterocycles. The predicted molar refractivity (Wildman–Crippen MR) is 85.5 cm³/mol. The van der Waals surface area contributed by atoms with Gasteiger partial charge in [0.2, 0.25) is 5.91 Å². The van der Waals surface area contributed by atoms with Crippen molar-refractivity contribution in [2.75, 3.05) is 18.4 Å². The molecular formula is C17H22N2O3. The third kappa shape index (κ3) is 4.70. The second kappa shape index (κ2) is 7.75. The number of piperidine rings is 1. The minimum absolute atomic E-state index is 0.137. The lowest BCUT2D eigenvalue weighted by atomic mass is 9.97. The van der Waals surface area contributed by atoms with Gasteiger partial charge in [0.05, 0.1) is 5.92 Å². The number of carboxylic acid groups (broad SMARTS) is 1. The largest absolute Gasteiger partial charge is 0.481 e. The van der Waals surface area contributed by atoms with Gasteiger partial charge in [-0.15, -0.1) is 0 Å². The van der Waals surface area contributed by atoms with E-state index in [2.05, 4.69) is 10.2 Å². The van der Waals surface area contributed by atoms with Crippen molar-refractivity contribution in [2.45, 2.75) is 26.3 Å². The molecule has 1 fully saturated rings. The number of aliphatic carboxylic acids is 1. The molecule has 0 aliphatic carbocycles. The monoisotopic (exact) mass is 302 g/mol. The fourth-order valence-electron chi connectivity index (χ4n) is 2.68. The molecule has 0 spiro atoms. The van der Waals surface area contributed by atoms with E-state index in [0.29, 0.717) is 12.8 Å². The van der Waals surface area contributed by atoms with E-state index in [1.165, 1.54) is 6.08 Å². The smallest absolute Gasteiger partial charge is 0.306 e. The second-order valence-electron chi connectivity index (χ2n) is 5.58. The quantitative estimate of drug-likeness (QED) is 0.820. The Hall–Kier alpha value is -2.14. The minimum Gasteiger partial charge on any atom is -0.481 e. The molecule has 2 rings (SSSR count). The van der Waals surface area contributed by atoms with E-state index >= 15 is 0 Å². The zero-order valence-corrected chi connectivity index (χ0v) is 12.8. The molecule has 5 heteroatoms. The van der Waals surface area contributed by atoms with Gasteiger partial charge in [-0.25, -0.2) is 0 Å². The van der Waals surface area contributed by atoms with Crippen molar-refractivity contribution >= 4 is 17.6 Å². The maximum Gasteiger partial charge on any atom is 0.306 e. The first kappa shape index (κ1) is 16.2. The van der Waals surface area contributed by atoms with Crippen molar-refractivity contribution < 1.29 is 14.7 Å². The molecule has 0 radical (unpaired) electrons. The van der Waals surface area contributed by atoms with E-state index in [9.17, 15) is 9.59 Å². The summed E-state index contributed by atoms with van der Waals surface area (Å²) in [7, 11) is 0. The first-order valence-corrected chi connectivity index (χ1v) is 7.56. The van der Waals surface area contributed by atoms with E-state index in [4.69, 9.17) is 5.11 Å². The third-order valence-corrected chi connectivity index (χ3v) is 3.86. The third-order valence-electron chi connectivity index (χ3n) is 3.86. The van der Waals surface area contributed by atoms with E-state index < -0.39 is 5.97 Å². The summed E-state index contributed by atoms with van der Waals surface area (Å²) >= 11 is 0. The average Bonchev–Trinajstić information content (AvgIpc) is 2.48. The summed E-state index contributed by atoms with van der Waals surface area (Å²) in [6.07, 6.45) is 4.59. The number of nitrogens with zero attached hydrogens (tertiary/aromatic N) is 1. The van der Waals surface area contributed by atoms with Gasteiger partial charge < -0.3 is 10.4 Å². The first-order valence-electron chi connectivity index (χ1n) is 7.56. The molecule has 1 aliphatic heterocycles. The maximum atomic E-state index is 11.5. The summed E-state index contributed by atoms with van der Waals surface area (Å²) in [5.74, 6) is -1.03. The van der Waals surface area contributed by atoms with Gasteiger partial charge in [-0.05, 0) is 56.6 Å². The van der Waals surface area contributed by atoms with Crippen molar-refractivity contribution in [3.8, 4) is 0 Å². The molecule has 1 amide bonds. The molecule has 5 nitrogen and oxygen atoms in total. The van der Waals surface area contributed by atoms with Crippen LogP contribution >= 0.6 is 0 Å². The fraction of sp³-hybridized carbons (Fsp3) is 0.412. The number of benzene rings is 1. The van der Waals surface area contributed by atoms with E-state index in [1.807, 2.05) is 24.3 Å². The van der Waals surface area contributed by atoms with Crippen molar-refractivity contribution in [1.82, 2.24) is 4.90 Å². The number of allylic oxidation sites excluding steroid dienone is 1. The SMILES string of the molecule is C/C=C/C(=O)Nc1cccc(CN2CCC(C(=O)O)CC2)c1. The molecule has 0 atom stereocenters. The Morgan fingerprint density at radius 1 is 1.36 bits per heavy atom. The molecule has 1 aromatic rings. The number of nitrogens with one attached hydrogen (secondary N) is 1. The van der Waals surface area contributed by atoms with E-state index in [-0.39, 0.29) is 11.8 Å². The highest BCUT2D eigenvalue weighted by atomic mass is 16.4. The average molecular weight is 302 g/mol. The Kier molecular flexibility index (Phi) is 5.72. The molecule has 1 aromatic carbocycles. The van der Waals surface area contributed by atoms with Gasteiger partial charge >= 0.3 is 5.97 Å². The van der Waals surface area contributed by atoms with Crippen LogP contribution in [0, 0.1) is 5.92 Å². The van der Waals surface area contributed by atoms with Crippen LogP contribution in [0.2, 0.25) is 0 Å². The number of amides is 1. The van der Waals surface area contributed by atoms with Crippen LogP contribution in [0.1, 0.15) is 25.3 Å². The number of carboxylic acids is 1. The number of anilines is 1. The molecule has 22 heavy (non-hydrogen) atoms. The number of hydrogen-bond donors (Lipinski definition) is 2. The Labute approximate surface area is 130 Å². The molecule has 2 N–H and O–H groups in total. The lowest BCUT2D eigenvalue weighted by Gasteiger charge is -2.30. The van der Waals surface area contributed by atoms with Crippen LogP contribution in [0.4, 0.5) is 5.69 Å². The number of hydrogen-bond acceptors (Lipinski definition) is 3. The highest BCUT2D eigenvalue weighted by molar-refractivity contribution is 5.99. The Balaban J connectivity index is 1.91. The molecule has 0 unspecified atom stereocenters. The summed E-state index contributed by atoms with van der Waals surface area (Å²) in [5.41, 5.74) is 1.90. The summed E-state index contributed by atoms with van der Waals surface area (Å²) in [6, 6.07) is 7.77. The van der Waals surface area contributed by atoms with Gasteiger partial charge in [0.15, 0.2) is 0 Å². The van der Waals surface area contributed by atoms with Crippen LogP contribution in [0.15, 0.2) is 36.4 Å². The number of carbonyl (C=O) groups excluding carboxylic acids is 1. The van der Waals surface area contributed by atoms with Gasteiger partial charge in [0, 0.05) is 12.2 Å². The lowest BCUT2D eigenvalue weighted by molar-refractivity contribution is -0.143. The van der Waals surface area contributed by atoms with Crippen LogP contribution in [-0.2, 0) is 16.1 Å². The van der Waals surface area contributed by atoms with Crippen molar-refractivity contribution in [3.63, 3.8) is 0 Å². The second-order valence-corrected chi connectivity index (χ2v) is 5.58. The van der Waals surface area contributed by atoms with Crippen molar-refractivity contribution in [1.29, 1.82) is 0 Å². The zero-order chi connectivity index (χ0) is 15.9. The normalized spacial score (nSPS) is 16.8. The Morgan fingerprint density at radius 3 is 2.73 bits per heavy atom. The summed E-state index contributed by atoms with van der Waals surface area (Å²) in [5, 5.41) is 11.8. The van der Waals surface area contributed by atoms with Crippen molar-refractivity contribution in [3.05, 3.63) is 42.0 Å². The van der Waals surface area contributed by atoms with Crippen LogP contribution in [0.3, 0.4) is 0 Å². The highest BCUT2D eigenvalue weighted by Gasteiger charge is 2.24. The maximum absolute atomic E-state index is 11.5. The van der Waals surface area contributed by atoms with Gasteiger partial charge in [-0.3, -0.25) is 14.5 Å². The lowest BCUT2D eigenvalue weighted by Crippen LogP contribution is -2.35. The van der Waals surface area contributed by atoms with Crippen LogP contribution in [0.25, 0.3) is 0 Å². The van der Waals surface area contributed by atoms with Crippen LogP contribution in [-0.4, -0.2) is 35.0 Å². The molecule has 1 saturated heterocycles. The standard InChI is InChI=1S/C17H22N2O3/c1-2-4-16(20)18-15-6-3-5-13(11-15)12-19-9-7-14(8-10-19)17(21)22/h2-6,11,14H,7-10,12H2,1H3,(H,18,20)(H,21,22)/b4-2+. The fourth-order valence-corrected chi connectivity index (χ4v) is 2.68. The summed E-state index contributed by atoms with van der Waals surface area (Å²) in [6.45, 7) is 4.18. The molecule has 1 aliphatic rings. The van der Waals surface area contributed by atoms with E-state index in [1.54, 1.807) is 13.0 Å². The first-order chi connectivity index (χ1) is 10.6. The number of likely N-dealkylation sites (tertiary alicyclic amines) is 1. The summed E-state index contributed by atoms with van der Waals surface area (Å²) < 4.78 is 0. The predicted octanol–water partition coefficient (Wildman–Crippen LogP) is 2.50. The van der Waals surface area contributed by atoms with Crippen LogP contribution in [0.5, 0.6) is 0 Å². The van der Waals surface area contributed by atoms with Gasteiger partial charge in [-0.1, -0.05) is 18.2 Å². The van der Waals surface area contributed by atoms with Crippen molar-refractivity contribution in [2.24, 2.45) is 5.92 Å². The Morgan fingerprint density at radius 2 is 2.09 bits per heavy atom. The summed E-state index contributed by atoms with van der Waals surface area (Å²) in [4.78, 5) is 24.8. The van der Waals surface area contributed by atoms with E-state index in [0.717, 1.165) is 30.9 Å². The molecule has 0 saturated carbocycles. The molecular weight excluding hydrogens is 280 g/mol. The number of carbonyl (C=O) groups is 2. The van der Waals surface area contributed by atoms with Gasteiger partial charge in [-0.2, -0.15) is 0 Å². The zero-order valence-electron chi connectivity index (χ0n) is 12.8. The molecule has 118 valence electrons. The van der Waals surface area contributed by atoms with Gasteiger partial charge in [0.25, 0.3) is 0 Å². The van der Waals surface area contributed by atoms with Crippen LogP contribution < -0.4 is 5.32 Å². The highest BCUT2D eigenvalue weighted by Crippen LogP contribution is 2.20.